The molecule has 1 saturated heterocycles. The summed E-state index contributed by atoms with van der Waals surface area (Å²) >= 11 is 0. The number of H-pyrrole nitrogens is 1. The molecule has 1 aromatic carbocycles. The van der Waals surface area contributed by atoms with Crippen LogP contribution in [0, 0.1) is 6.92 Å². The number of hydrogen-bond donors (Lipinski definition) is 2. The summed E-state index contributed by atoms with van der Waals surface area (Å²) in [6, 6.07) is 6.09. The topological polar surface area (TPSA) is 70.2 Å². The van der Waals surface area contributed by atoms with Crippen LogP contribution < -0.4 is 5.32 Å². The number of nitrogens with one attached hydrogen (secondary N) is 2. The second-order valence-corrected chi connectivity index (χ2v) is 5.64. The molecule has 0 unspecified atom stereocenters. The van der Waals surface area contributed by atoms with Crippen molar-refractivity contribution in [3.8, 4) is 0 Å². The number of aryl methyl sites for hydroxylation is 1. The van der Waals surface area contributed by atoms with E-state index in [1.54, 1.807) is 0 Å². The number of aromatic amines is 1. The highest BCUT2D eigenvalue weighted by molar-refractivity contribution is 5.79. The average Bonchev–Trinajstić information content (AvgIpc) is 2.93. The molecule has 0 saturated carbocycles. The Bertz CT molecular complexity index is 647. The van der Waals surface area contributed by atoms with Crippen LogP contribution in [-0.4, -0.2) is 60.2 Å². The van der Waals surface area contributed by atoms with Crippen molar-refractivity contribution in [1.82, 2.24) is 20.2 Å². The zero-order valence-corrected chi connectivity index (χ0v) is 12.9. The smallest absolute Gasteiger partial charge is 0.234 e. The van der Waals surface area contributed by atoms with E-state index in [1.165, 1.54) is 0 Å². The second kappa shape index (κ2) is 6.89. The molecular formula is C16H22N4O2. The minimum atomic E-state index is 0.0641. The van der Waals surface area contributed by atoms with Crippen LogP contribution in [0.15, 0.2) is 18.2 Å². The van der Waals surface area contributed by atoms with Crippen molar-refractivity contribution in [1.29, 1.82) is 0 Å². The van der Waals surface area contributed by atoms with Crippen molar-refractivity contribution in [3.05, 3.63) is 29.6 Å². The number of hydrogen-bond acceptors (Lipinski definition) is 4. The zero-order chi connectivity index (χ0) is 15.4. The maximum Gasteiger partial charge on any atom is 0.234 e. The van der Waals surface area contributed by atoms with Gasteiger partial charge in [0.2, 0.25) is 5.91 Å². The highest BCUT2D eigenvalue weighted by atomic mass is 16.5. The lowest BCUT2D eigenvalue weighted by Gasteiger charge is -2.25. The SMILES string of the molecule is Cc1cccc2[nH]c(CCNC(=O)CN3CCOCC3)nc12. The number of fused-ring (bicyclic) bond motifs is 1. The van der Waals surface area contributed by atoms with Crippen LogP contribution in [0.25, 0.3) is 11.0 Å². The van der Waals surface area contributed by atoms with E-state index >= 15 is 0 Å². The van der Waals surface area contributed by atoms with Gasteiger partial charge < -0.3 is 15.0 Å². The Balaban J connectivity index is 1.47. The highest BCUT2D eigenvalue weighted by Gasteiger charge is 2.13. The summed E-state index contributed by atoms with van der Waals surface area (Å²) < 4.78 is 5.27. The molecule has 0 bridgehead atoms. The molecule has 1 amide bonds. The van der Waals surface area contributed by atoms with Gasteiger partial charge in [-0.15, -0.1) is 0 Å². The monoisotopic (exact) mass is 302 g/mol. The largest absolute Gasteiger partial charge is 0.379 e. The first-order valence-corrected chi connectivity index (χ1v) is 7.73. The Kier molecular flexibility index (Phi) is 4.70. The van der Waals surface area contributed by atoms with Crippen LogP contribution in [0.1, 0.15) is 11.4 Å². The lowest BCUT2D eigenvalue weighted by Crippen LogP contribution is -2.43. The number of morpholine rings is 1. The summed E-state index contributed by atoms with van der Waals surface area (Å²) in [5.74, 6) is 0.977. The van der Waals surface area contributed by atoms with E-state index in [2.05, 4.69) is 33.2 Å². The number of carbonyl (C=O) groups excluding carboxylic acids is 1. The fourth-order valence-electron chi connectivity index (χ4n) is 2.68. The molecule has 1 aliphatic heterocycles. The van der Waals surface area contributed by atoms with E-state index in [1.807, 2.05) is 12.1 Å². The molecule has 2 N–H and O–H groups in total. The third-order valence-corrected chi connectivity index (χ3v) is 3.92. The van der Waals surface area contributed by atoms with E-state index < -0.39 is 0 Å². The van der Waals surface area contributed by atoms with Crippen molar-refractivity contribution >= 4 is 16.9 Å². The van der Waals surface area contributed by atoms with Gasteiger partial charge in [0.25, 0.3) is 0 Å². The standard InChI is InChI=1S/C16H22N4O2/c1-12-3-2-4-13-16(12)19-14(18-13)5-6-17-15(21)11-20-7-9-22-10-8-20/h2-4H,5-11H2,1H3,(H,17,21)(H,18,19). The number of nitrogens with zero attached hydrogens (tertiary/aromatic N) is 2. The van der Waals surface area contributed by atoms with E-state index in [0.29, 0.717) is 32.7 Å². The molecule has 22 heavy (non-hydrogen) atoms. The summed E-state index contributed by atoms with van der Waals surface area (Å²) in [6.07, 6.45) is 0.711. The number of benzene rings is 1. The van der Waals surface area contributed by atoms with E-state index in [9.17, 15) is 4.79 Å². The van der Waals surface area contributed by atoms with Crippen molar-refractivity contribution in [3.63, 3.8) is 0 Å². The molecule has 1 aliphatic rings. The van der Waals surface area contributed by atoms with Crippen molar-refractivity contribution in [2.75, 3.05) is 39.4 Å². The lowest BCUT2D eigenvalue weighted by atomic mass is 10.2. The molecule has 118 valence electrons. The van der Waals surface area contributed by atoms with Crippen LogP contribution in [0.5, 0.6) is 0 Å². The molecule has 2 aromatic rings. The van der Waals surface area contributed by atoms with Crippen molar-refractivity contribution < 1.29 is 9.53 Å². The molecule has 0 atom stereocenters. The third kappa shape index (κ3) is 3.64. The third-order valence-electron chi connectivity index (χ3n) is 3.92. The molecule has 0 aliphatic carbocycles. The van der Waals surface area contributed by atoms with Gasteiger partial charge in [0.15, 0.2) is 0 Å². The Labute approximate surface area is 129 Å². The Hall–Kier alpha value is -1.92. The van der Waals surface area contributed by atoms with Gasteiger partial charge in [-0.2, -0.15) is 0 Å². The molecule has 2 heterocycles. The average molecular weight is 302 g/mol. The summed E-state index contributed by atoms with van der Waals surface area (Å²) in [6.45, 7) is 6.19. The fourth-order valence-corrected chi connectivity index (χ4v) is 2.68. The molecule has 1 fully saturated rings. The Morgan fingerprint density at radius 1 is 1.41 bits per heavy atom. The predicted molar refractivity (Wildman–Crippen MR) is 84.8 cm³/mol. The van der Waals surface area contributed by atoms with Crippen LogP contribution in [0.4, 0.5) is 0 Å². The summed E-state index contributed by atoms with van der Waals surface area (Å²) in [5, 5.41) is 2.96. The predicted octanol–water partition coefficient (Wildman–Crippen LogP) is 0.862. The quantitative estimate of drug-likeness (QED) is 0.859. The molecule has 6 heteroatoms. The second-order valence-electron chi connectivity index (χ2n) is 5.64. The number of carbonyl (C=O) groups is 1. The number of imidazole rings is 1. The Morgan fingerprint density at radius 2 is 2.23 bits per heavy atom. The van der Waals surface area contributed by atoms with Gasteiger partial charge in [0.1, 0.15) is 5.82 Å². The highest BCUT2D eigenvalue weighted by Crippen LogP contribution is 2.15. The first-order chi connectivity index (χ1) is 10.7. The van der Waals surface area contributed by atoms with Gasteiger partial charge >= 0.3 is 0 Å². The van der Waals surface area contributed by atoms with Crippen LogP contribution in [0.3, 0.4) is 0 Å². The maximum absolute atomic E-state index is 11.9. The fraction of sp³-hybridized carbons (Fsp3) is 0.500. The molecule has 1 aromatic heterocycles. The van der Waals surface area contributed by atoms with Gasteiger partial charge in [-0.1, -0.05) is 12.1 Å². The number of para-hydroxylation sites is 1. The van der Waals surface area contributed by atoms with E-state index in [-0.39, 0.29) is 5.91 Å². The summed E-state index contributed by atoms with van der Waals surface area (Å²) in [4.78, 5) is 21.9. The number of rotatable bonds is 5. The summed E-state index contributed by atoms with van der Waals surface area (Å²) in [7, 11) is 0. The molecule has 0 radical (unpaired) electrons. The van der Waals surface area contributed by atoms with Crippen LogP contribution in [-0.2, 0) is 16.0 Å². The number of ether oxygens (including phenoxy) is 1. The van der Waals surface area contributed by atoms with Crippen LogP contribution >= 0.6 is 0 Å². The van der Waals surface area contributed by atoms with Crippen molar-refractivity contribution in [2.45, 2.75) is 13.3 Å². The molecule has 3 rings (SSSR count). The minimum absolute atomic E-state index is 0.0641. The van der Waals surface area contributed by atoms with Gasteiger partial charge in [0.05, 0.1) is 30.8 Å². The van der Waals surface area contributed by atoms with Crippen LogP contribution in [0.2, 0.25) is 0 Å². The molecule has 0 spiro atoms. The maximum atomic E-state index is 11.9. The first kappa shape index (κ1) is 15.0. The van der Waals surface area contributed by atoms with E-state index in [4.69, 9.17) is 4.74 Å². The zero-order valence-electron chi connectivity index (χ0n) is 12.9. The van der Waals surface area contributed by atoms with Gasteiger partial charge in [-0.05, 0) is 18.6 Å². The molecule has 6 nitrogen and oxygen atoms in total. The number of amides is 1. The van der Waals surface area contributed by atoms with Gasteiger partial charge in [-0.25, -0.2) is 4.98 Å². The first-order valence-electron chi connectivity index (χ1n) is 7.73. The van der Waals surface area contributed by atoms with Gasteiger partial charge in [0, 0.05) is 26.1 Å². The summed E-state index contributed by atoms with van der Waals surface area (Å²) in [5.41, 5.74) is 3.23. The normalized spacial score (nSPS) is 16.0. The minimum Gasteiger partial charge on any atom is -0.379 e. The number of aromatic nitrogens is 2. The molecular weight excluding hydrogens is 280 g/mol. The van der Waals surface area contributed by atoms with E-state index in [0.717, 1.165) is 35.5 Å². The Morgan fingerprint density at radius 3 is 3.00 bits per heavy atom. The lowest BCUT2D eigenvalue weighted by molar-refractivity contribution is -0.123. The van der Waals surface area contributed by atoms with Gasteiger partial charge in [-0.3, -0.25) is 9.69 Å². The van der Waals surface area contributed by atoms with Crippen molar-refractivity contribution in [2.24, 2.45) is 0 Å².